The first-order valence-electron chi connectivity index (χ1n) is 17.2. The maximum Gasteiger partial charge on any atom is 0.169 e. The van der Waals surface area contributed by atoms with Gasteiger partial charge < -0.3 is 4.90 Å². The smallest absolute Gasteiger partial charge is 0.169 e. The summed E-state index contributed by atoms with van der Waals surface area (Å²) >= 11 is 0. The lowest BCUT2D eigenvalue weighted by Crippen LogP contribution is -2.31. The van der Waals surface area contributed by atoms with Gasteiger partial charge in [-0.3, -0.25) is 4.57 Å². The van der Waals surface area contributed by atoms with Gasteiger partial charge in [-0.2, -0.15) is 5.26 Å². The van der Waals surface area contributed by atoms with Crippen LogP contribution >= 0.6 is 0 Å². The largest absolute Gasteiger partial charge is 0.308 e. The van der Waals surface area contributed by atoms with Gasteiger partial charge in [-0.25, -0.2) is 15.0 Å². The van der Waals surface area contributed by atoms with Gasteiger partial charge in [-0.1, -0.05) is 89.2 Å². The van der Waals surface area contributed by atoms with E-state index in [1.807, 2.05) is 45.9 Å². The monoisotopic (exact) mass is 658 g/mol. The summed E-state index contributed by atoms with van der Waals surface area (Å²) in [6.45, 7) is 24.8. The molecule has 0 bridgehead atoms. The molecule has 252 valence electrons. The molecule has 0 N–H and O–H groups in total. The number of fused-ring (bicyclic) bond motifs is 3. The van der Waals surface area contributed by atoms with Crippen molar-refractivity contribution in [2.45, 2.75) is 74.7 Å². The van der Waals surface area contributed by atoms with E-state index < -0.39 is 0 Å². The summed E-state index contributed by atoms with van der Waals surface area (Å²) in [5.41, 5.74) is 14.2. The van der Waals surface area contributed by atoms with Gasteiger partial charge in [0.05, 0.1) is 34.4 Å². The van der Waals surface area contributed by atoms with Crippen LogP contribution in [0.3, 0.4) is 0 Å². The highest BCUT2D eigenvalue weighted by molar-refractivity contribution is 5.94. The van der Waals surface area contributed by atoms with E-state index in [4.69, 9.17) is 15.0 Å². The number of anilines is 3. The number of para-hydroxylation sites is 3. The molecule has 0 unspecified atom stereocenters. The first kappa shape index (κ1) is 34.3. The Bertz CT molecular complexity index is 2250. The zero-order chi connectivity index (χ0) is 36.1. The number of imidazole rings is 1. The molecule has 0 amide bonds. The summed E-state index contributed by atoms with van der Waals surface area (Å²) in [4.78, 5) is 17.4. The van der Waals surface area contributed by atoms with E-state index in [0.717, 1.165) is 56.3 Å². The topological polar surface area (TPSA) is 70.6 Å². The quantitative estimate of drug-likeness (QED) is 0.177. The average molecular weight is 659 g/mol. The molecule has 0 saturated carbocycles. The van der Waals surface area contributed by atoms with E-state index in [-0.39, 0.29) is 5.41 Å². The number of hydrogen-bond donors (Lipinski definition) is 0. The van der Waals surface area contributed by atoms with E-state index >= 15 is 0 Å². The van der Waals surface area contributed by atoms with Crippen LogP contribution in [0.5, 0.6) is 0 Å². The molecule has 0 aliphatic carbocycles. The Kier molecular flexibility index (Phi) is 8.74. The highest BCUT2D eigenvalue weighted by atomic mass is 15.2. The summed E-state index contributed by atoms with van der Waals surface area (Å²) in [5.74, 6) is 1.50. The summed E-state index contributed by atoms with van der Waals surface area (Å²) < 4.78 is 2.18. The molecule has 0 saturated heterocycles. The van der Waals surface area contributed by atoms with Crippen molar-refractivity contribution in [1.82, 2.24) is 19.5 Å². The normalized spacial score (nSPS) is 13.2. The molecule has 0 spiro atoms. The van der Waals surface area contributed by atoms with E-state index in [2.05, 4.69) is 130 Å². The Morgan fingerprint density at radius 2 is 1.28 bits per heavy atom. The van der Waals surface area contributed by atoms with Gasteiger partial charge in [-0.15, -0.1) is 6.58 Å². The number of allylic oxidation sites excluding steroid dienone is 1. The van der Waals surface area contributed by atoms with Gasteiger partial charge in [0.2, 0.25) is 0 Å². The third kappa shape index (κ3) is 5.87. The molecule has 7 rings (SSSR count). The fourth-order valence-electron chi connectivity index (χ4n) is 7.06. The molecular formula is C44H46N6. The third-order valence-electron chi connectivity index (χ3n) is 9.61. The molecule has 0 radical (unpaired) electrons. The molecule has 6 nitrogen and oxygen atoms in total. The van der Waals surface area contributed by atoms with Crippen molar-refractivity contribution in [3.8, 4) is 23.0 Å². The molecule has 0 atom stereocenters. The second-order valence-corrected chi connectivity index (χ2v) is 14.9. The minimum atomic E-state index is -0.153. The van der Waals surface area contributed by atoms with Crippen molar-refractivity contribution >= 4 is 28.2 Å². The second kappa shape index (κ2) is 12.7. The molecule has 2 aromatic heterocycles. The van der Waals surface area contributed by atoms with Crippen LogP contribution in [0, 0.1) is 51.4 Å². The number of nitrogens with zero attached hydrogens (tertiary/aromatic N) is 6. The van der Waals surface area contributed by atoms with Crippen LogP contribution in [0.25, 0.3) is 28.1 Å². The van der Waals surface area contributed by atoms with Gasteiger partial charge in [0.15, 0.2) is 5.65 Å². The Hall–Kier alpha value is -5.54. The highest BCUT2D eigenvalue weighted by Gasteiger charge is 2.38. The first-order chi connectivity index (χ1) is 23.7. The van der Waals surface area contributed by atoms with Crippen LogP contribution in [0.1, 0.15) is 79.6 Å². The van der Waals surface area contributed by atoms with E-state index in [0.29, 0.717) is 16.8 Å². The zero-order valence-corrected chi connectivity index (χ0v) is 31.0. The van der Waals surface area contributed by atoms with E-state index in [9.17, 15) is 5.26 Å². The number of benzene rings is 4. The lowest BCUT2D eigenvalue weighted by Gasteiger charge is -2.43. The maximum absolute atomic E-state index is 9.54. The number of aryl methyl sites for hydroxylation is 5. The molecule has 1 aliphatic rings. The van der Waals surface area contributed by atoms with Crippen LogP contribution in [0.2, 0.25) is 0 Å². The van der Waals surface area contributed by atoms with Crippen LogP contribution in [-0.4, -0.2) is 19.5 Å². The fraction of sp³-hybridized carbons (Fsp3) is 0.273. The predicted octanol–water partition coefficient (Wildman–Crippen LogP) is 11.2. The van der Waals surface area contributed by atoms with Crippen LogP contribution in [0.4, 0.5) is 17.1 Å². The number of rotatable bonds is 3. The van der Waals surface area contributed by atoms with Crippen molar-refractivity contribution in [2.24, 2.45) is 5.41 Å². The number of aromatic nitrogens is 4. The van der Waals surface area contributed by atoms with Crippen molar-refractivity contribution in [1.29, 1.82) is 5.26 Å². The van der Waals surface area contributed by atoms with Crippen LogP contribution in [-0.2, 0) is 5.41 Å². The summed E-state index contributed by atoms with van der Waals surface area (Å²) in [6.07, 6.45) is 1.94. The molecule has 50 heavy (non-hydrogen) atoms. The first-order valence-corrected chi connectivity index (χ1v) is 17.2. The van der Waals surface area contributed by atoms with Gasteiger partial charge in [0.25, 0.3) is 0 Å². The minimum Gasteiger partial charge on any atom is -0.308 e. The number of hydrogen-bond acceptors (Lipinski definition) is 5. The summed E-state index contributed by atoms with van der Waals surface area (Å²) in [6, 6.07) is 30.0. The van der Waals surface area contributed by atoms with E-state index in [1.165, 1.54) is 22.5 Å². The van der Waals surface area contributed by atoms with Gasteiger partial charge in [0.1, 0.15) is 22.9 Å². The molecule has 0 fully saturated rings. The van der Waals surface area contributed by atoms with Crippen molar-refractivity contribution in [3.05, 3.63) is 137 Å². The van der Waals surface area contributed by atoms with Crippen LogP contribution in [0.15, 0.2) is 91.5 Å². The van der Waals surface area contributed by atoms with Crippen molar-refractivity contribution < 1.29 is 0 Å². The van der Waals surface area contributed by atoms with Gasteiger partial charge >= 0.3 is 0 Å². The molecule has 6 aromatic rings. The Morgan fingerprint density at radius 3 is 1.82 bits per heavy atom. The third-order valence-corrected chi connectivity index (χ3v) is 9.61. The minimum absolute atomic E-state index is 0.153. The molecule has 1 aliphatic heterocycles. The maximum atomic E-state index is 9.54. The Morgan fingerprint density at radius 1 is 0.740 bits per heavy atom. The van der Waals surface area contributed by atoms with Crippen LogP contribution < -0.4 is 4.90 Å². The number of nitriles is 1. The predicted molar refractivity (Wildman–Crippen MR) is 207 cm³/mol. The molecule has 3 heterocycles. The SMILES string of the molecule is C=CC(C)(C)C.Cc1nc(-c2c(C)cc(C#N)cc2C)c2nc(C)n(-c3cccc(C)c3N3c4ccccc4C(C)(C)c4ccccc43)c2n1. The standard InChI is InChI=1S/C38H34N6.C6H12/c1-22-13-12-18-32(36(22)44-30-16-10-8-14-28(30)38(6,7)29-15-9-11-17-31(29)44)43-26(5)42-35-34(40-25(4)41-37(35)43)33-23(2)19-27(21-39)20-24(33)3;1-5-6(2,3)4/h8-20H,1-7H3;5H,1H2,2-4H3. The zero-order valence-electron chi connectivity index (χ0n) is 31.0. The summed E-state index contributed by atoms with van der Waals surface area (Å²) in [7, 11) is 0. The molecule has 4 aromatic carbocycles. The Balaban J connectivity index is 0.000000664. The van der Waals surface area contributed by atoms with Crippen molar-refractivity contribution in [2.75, 3.05) is 4.90 Å². The summed E-state index contributed by atoms with van der Waals surface area (Å²) in [5, 5.41) is 9.54. The molecular weight excluding hydrogens is 613 g/mol. The average Bonchev–Trinajstić information content (AvgIpc) is 3.40. The van der Waals surface area contributed by atoms with Crippen molar-refractivity contribution in [3.63, 3.8) is 0 Å². The lowest BCUT2D eigenvalue weighted by atomic mass is 9.73. The van der Waals surface area contributed by atoms with E-state index in [1.54, 1.807) is 0 Å². The second-order valence-electron chi connectivity index (χ2n) is 14.9. The van der Waals surface area contributed by atoms with Gasteiger partial charge in [-0.05, 0) is 98.2 Å². The Labute approximate surface area is 296 Å². The fourth-order valence-corrected chi connectivity index (χ4v) is 7.06. The molecule has 6 heteroatoms. The lowest BCUT2D eigenvalue weighted by molar-refractivity contribution is 0.546. The highest BCUT2D eigenvalue weighted by Crippen LogP contribution is 2.53. The van der Waals surface area contributed by atoms with Gasteiger partial charge in [0, 0.05) is 11.0 Å².